The number of nitrogens with zero attached hydrogens (tertiary/aromatic N) is 1. The third-order valence-electron chi connectivity index (χ3n) is 3.66. The summed E-state index contributed by atoms with van der Waals surface area (Å²) >= 11 is 0. The van der Waals surface area contributed by atoms with Crippen molar-refractivity contribution in [2.45, 2.75) is 13.1 Å². The van der Waals surface area contributed by atoms with Crippen molar-refractivity contribution >= 4 is 10.9 Å². The van der Waals surface area contributed by atoms with Crippen molar-refractivity contribution in [2.75, 3.05) is 7.11 Å². The molecule has 21 heavy (non-hydrogen) atoms. The maximum absolute atomic E-state index is 13.9. The fraction of sp³-hybridized carbons (Fsp3) is 0.176. The number of fused-ring (bicyclic) bond motifs is 1. The fourth-order valence-corrected chi connectivity index (χ4v) is 2.50. The summed E-state index contributed by atoms with van der Waals surface area (Å²) in [6.45, 7) is 0.895. The Morgan fingerprint density at radius 1 is 1.14 bits per heavy atom. The van der Waals surface area contributed by atoms with Crippen LogP contribution in [-0.2, 0) is 13.1 Å². The van der Waals surface area contributed by atoms with Crippen molar-refractivity contribution in [1.29, 1.82) is 0 Å². The molecule has 0 aliphatic carbocycles. The second kappa shape index (κ2) is 5.58. The van der Waals surface area contributed by atoms with Gasteiger partial charge in [0.2, 0.25) is 0 Å². The molecule has 0 amide bonds. The van der Waals surface area contributed by atoms with Gasteiger partial charge in [0.15, 0.2) is 0 Å². The van der Waals surface area contributed by atoms with E-state index in [2.05, 4.69) is 0 Å². The van der Waals surface area contributed by atoms with Crippen molar-refractivity contribution in [3.05, 3.63) is 65.6 Å². The zero-order valence-corrected chi connectivity index (χ0v) is 11.8. The first-order valence-electron chi connectivity index (χ1n) is 6.81. The van der Waals surface area contributed by atoms with Gasteiger partial charge in [-0.05, 0) is 42.0 Å². The summed E-state index contributed by atoms with van der Waals surface area (Å²) in [6.07, 6.45) is 1.96. The van der Waals surface area contributed by atoms with E-state index in [1.807, 2.05) is 41.1 Å². The van der Waals surface area contributed by atoms with E-state index >= 15 is 0 Å². The lowest BCUT2D eigenvalue weighted by molar-refractivity contribution is 0.415. The van der Waals surface area contributed by atoms with Crippen molar-refractivity contribution in [3.63, 3.8) is 0 Å². The Balaban J connectivity index is 1.98. The lowest BCUT2D eigenvalue weighted by Gasteiger charge is -2.09. The molecule has 4 heteroatoms. The van der Waals surface area contributed by atoms with Crippen LogP contribution in [0, 0.1) is 5.82 Å². The Labute approximate surface area is 122 Å². The SMILES string of the molecule is COc1ccc2c(ccn2Cc2cc(CN)ccc2F)c1. The molecule has 0 saturated carbocycles. The first-order valence-corrected chi connectivity index (χ1v) is 6.81. The van der Waals surface area contributed by atoms with E-state index < -0.39 is 0 Å². The van der Waals surface area contributed by atoms with Gasteiger partial charge in [0.1, 0.15) is 11.6 Å². The van der Waals surface area contributed by atoms with Crippen LogP contribution in [0.5, 0.6) is 5.75 Å². The Hall–Kier alpha value is -2.33. The first kappa shape index (κ1) is 13.6. The minimum atomic E-state index is -0.206. The van der Waals surface area contributed by atoms with Crippen LogP contribution >= 0.6 is 0 Å². The predicted octanol–water partition coefficient (Wildman–Crippen LogP) is 3.30. The van der Waals surface area contributed by atoms with Crippen LogP contribution in [0.1, 0.15) is 11.1 Å². The van der Waals surface area contributed by atoms with Crippen LogP contribution in [0.3, 0.4) is 0 Å². The highest BCUT2D eigenvalue weighted by Gasteiger charge is 2.07. The molecule has 0 aliphatic rings. The summed E-state index contributed by atoms with van der Waals surface area (Å²) in [5, 5.41) is 1.07. The van der Waals surface area contributed by atoms with Gasteiger partial charge in [0.25, 0.3) is 0 Å². The van der Waals surface area contributed by atoms with E-state index in [9.17, 15) is 4.39 Å². The highest BCUT2D eigenvalue weighted by atomic mass is 19.1. The smallest absolute Gasteiger partial charge is 0.128 e. The molecule has 0 atom stereocenters. The lowest BCUT2D eigenvalue weighted by atomic mass is 10.1. The number of halogens is 1. The van der Waals surface area contributed by atoms with Crippen LogP contribution in [-0.4, -0.2) is 11.7 Å². The van der Waals surface area contributed by atoms with Crippen molar-refractivity contribution in [3.8, 4) is 5.75 Å². The van der Waals surface area contributed by atoms with Gasteiger partial charge in [0, 0.05) is 29.2 Å². The molecule has 0 spiro atoms. The molecule has 1 aromatic heterocycles. The van der Waals surface area contributed by atoms with Crippen molar-refractivity contribution in [1.82, 2.24) is 4.57 Å². The van der Waals surface area contributed by atoms with Crippen molar-refractivity contribution in [2.24, 2.45) is 5.73 Å². The largest absolute Gasteiger partial charge is 0.497 e. The lowest BCUT2D eigenvalue weighted by Crippen LogP contribution is -2.03. The Kier molecular flexibility index (Phi) is 3.62. The number of aromatic nitrogens is 1. The van der Waals surface area contributed by atoms with Crippen LogP contribution < -0.4 is 10.5 Å². The number of hydrogen-bond donors (Lipinski definition) is 1. The predicted molar refractivity (Wildman–Crippen MR) is 81.9 cm³/mol. The van der Waals surface area contributed by atoms with Crippen LogP contribution in [0.15, 0.2) is 48.7 Å². The first-order chi connectivity index (χ1) is 10.2. The molecule has 0 saturated heterocycles. The minimum Gasteiger partial charge on any atom is -0.497 e. The zero-order valence-electron chi connectivity index (χ0n) is 11.8. The molecule has 0 bridgehead atoms. The van der Waals surface area contributed by atoms with Gasteiger partial charge in [-0.3, -0.25) is 0 Å². The van der Waals surface area contributed by atoms with Gasteiger partial charge in [-0.1, -0.05) is 6.07 Å². The fourth-order valence-electron chi connectivity index (χ4n) is 2.50. The quantitative estimate of drug-likeness (QED) is 0.798. The topological polar surface area (TPSA) is 40.2 Å². The van der Waals surface area contributed by atoms with Gasteiger partial charge in [-0.25, -0.2) is 4.39 Å². The summed E-state index contributed by atoms with van der Waals surface area (Å²) in [6, 6.07) is 12.9. The number of nitrogens with two attached hydrogens (primary N) is 1. The summed E-state index contributed by atoms with van der Waals surface area (Å²) in [5.74, 6) is 0.610. The van der Waals surface area contributed by atoms with E-state index in [-0.39, 0.29) is 5.82 Å². The maximum Gasteiger partial charge on any atom is 0.128 e. The summed E-state index contributed by atoms with van der Waals surface area (Å²) in [4.78, 5) is 0. The number of methoxy groups -OCH3 is 1. The number of rotatable bonds is 4. The van der Waals surface area contributed by atoms with Crippen LogP contribution in [0.2, 0.25) is 0 Å². The maximum atomic E-state index is 13.9. The number of ether oxygens (including phenoxy) is 1. The van der Waals surface area contributed by atoms with Gasteiger partial charge < -0.3 is 15.0 Å². The monoisotopic (exact) mass is 284 g/mol. The average Bonchev–Trinajstić information content (AvgIpc) is 2.91. The second-order valence-corrected chi connectivity index (χ2v) is 5.00. The molecule has 3 nitrogen and oxygen atoms in total. The highest BCUT2D eigenvalue weighted by Crippen LogP contribution is 2.23. The molecule has 0 unspecified atom stereocenters. The van der Waals surface area contributed by atoms with Gasteiger partial charge in [-0.2, -0.15) is 0 Å². The number of benzene rings is 2. The van der Waals surface area contributed by atoms with Gasteiger partial charge in [-0.15, -0.1) is 0 Å². The summed E-state index contributed by atoms with van der Waals surface area (Å²) in [5.41, 5.74) is 8.25. The zero-order chi connectivity index (χ0) is 14.8. The normalized spacial score (nSPS) is 11.0. The molecule has 108 valence electrons. The third-order valence-corrected chi connectivity index (χ3v) is 3.66. The molecular weight excluding hydrogens is 267 g/mol. The molecule has 0 aliphatic heterocycles. The number of hydrogen-bond acceptors (Lipinski definition) is 2. The van der Waals surface area contributed by atoms with E-state index in [1.165, 1.54) is 6.07 Å². The van der Waals surface area contributed by atoms with Crippen LogP contribution in [0.4, 0.5) is 4.39 Å². The molecule has 1 heterocycles. The Bertz CT molecular complexity index is 780. The van der Waals surface area contributed by atoms with Gasteiger partial charge >= 0.3 is 0 Å². The third kappa shape index (κ3) is 2.62. The van der Waals surface area contributed by atoms with Crippen molar-refractivity contribution < 1.29 is 9.13 Å². The Morgan fingerprint density at radius 2 is 2.00 bits per heavy atom. The van der Waals surface area contributed by atoms with E-state index in [0.29, 0.717) is 18.7 Å². The summed E-state index contributed by atoms with van der Waals surface area (Å²) < 4.78 is 21.2. The molecular formula is C17H17FN2O. The highest BCUT2D eigenvalue weighted by molar-refractivity contribution is 5.81. The molecule has 2 aromatic carbocycles. The minimum absolute atomic E-state index is 0.206. The van der Waals surface area contributed by atoms with E-state index in [4.69, 9.17) is 10.5 Å². The average molecular weight is 284 g/mol. The Morgan fingerprint density at radius 3 is 2.76 bits per heavy atom. The van der Waals surface area contributed by atoms with Crippen LogP contribution in [0.25, 0.3) is 10.9 Å². The second-order valence-electron chi connectivity index (χ2n) is 5.00. The molecule has 3 aromatic rings. The van der Waals surface area contributed by atoms with Gasteiger partial charge in [0.05, 0.1) is 13.7 Å². The van der Waals surface area contributed by atoms with E-state index in [1.54, 1.807) is 13.2 Å². The molecule has 0 radical (unpaired) electrons. The summed E-state index contributed by atoms with van der Waals surface area (Å²) in [7, 11) is 1.64. The molecule has 2 N–H and O–H groups in total. The van der Waals surface area contributed by atoms with E-state index in [0.717, 1.165) is 22.2 Å². The molecule has 0 fully saturated rings. The molecule has 3 rings (SSSR count). The standard InChI is InChI=1S/C17H17FN2O/c1-21-15-3-5-17-13(9-15)6-7-20(17)11-14-8-12(10-19)2-4-16(14)18/h2-9H,10-11,19H2,1H3.